The van der Waals surface area contributed by atoms with E-state index in [0.29, 0.717) is 10.7 Å². The summed E-state index contributed by atoms with van der Waals surface area (Å²) in [6.07, 6.45) is 3.06. The Hall–Kier alpha value is -2.92. The van der Waals surface area contributed by atoms with Crippen LogP contribution in [-0.2, 0) is 9.59 Å². The maximum absolute atomic E-state index is 11.7. The zero-order valence-electron chi connectivity index (χ0n) is 13.7. The van der Waals surface area contributed by atoms with Gasteiger partial charge in [0.15, 0.2) is 0 Å². The number of rotatable bonds is 6. The van der Waals surface area contributed by atoms with E-state index in [9.17, 15) is 9.59 Å². The summed E-state index contributed by atoms with van der Waals surface area (Å²) in [5.74, 6) is -0.757. The van der Waals surface area contributed by atoms with Crippen LogP contribution >= 0.6 is 11.6 Å². The Morgan fingerprint density at radius 1 is 1.08 bits per heavy atom. The zero-order chi connectivity index (χ0) is 18.1. The van der Waals surface area contributed by atoms with Crippen LogP contribution in [0.4, 0.5) is 0 Å². The van der Waals surface area contributed by atoms with Crippen molar-refractivity contribution < 1.29 is 9.59 Å². The first kappa shape index (κ1) is 18.4. The van der Waals surface area contributed by atoms with Crippen LogP contribution in [0, 0.1) is 0 Å². The van der Waals surface area contributed by atoms with Crippen LogP contribution in [-0.4, -0.2) is 24.1 Å². The molecule has 0 unspecified atom stereocenters. The summed E-state index contributed by atoms with van der Waals surface area (Å²) in [5, 5.41) is 7.13. The summed E-state index contributed by atoms with van der Waals surface area (Å²) < 4.78 is 0. The predicted molar refractivity (Wildman–Crippen MR) is 100 cm³/mol. The first-order valence-electron chi connectivity index (χ1n) is 7.64. The molecule has 0 aromatic heterocycles. The average molecular weight is 356 g/mol. The average Bonchev–Trinajstić information content (AvgIpc) is 2.64. The van der Waals surface area contributed by atoms with Crippen molar-refractivity contribution >= 4 is 35.2 Å². The molecule has 2 rings (SSSR count). The number of nitrogens with zero attached hydrogens (tertiary/aromatic N) is 1. The van der Waals surface area contributed by atoms with Gasteiger partial charge in [-0.1, -0.05) is 54.1 Å². The van der Waals surface area contributed by atoms with Gasteiger partial charge in [0.05, 0.1) is 12.3 Å². The monoisotopic (exact) mass is 355 g/mol. The van der Waals surface area contributed by atoms with Crippen molar-refractivity contribution in [1.82, 2.24) is 10.7 Å². The number of carbonyl (C=O) groups is 2. The molecular weight excluding hydrogens is 338 g/mol. The van der Waals surface area contributed by atoms with Gasteiger partial charge in [-0.25, -0.2) is 5.43 Å². The minimum Gasteiger partial charge on any atom is -0.343 e. The maximum Gasteiger partial charge on any atom is 0.259 e. The van der Waals surface area contributed by atoms with Crippen LogP contribution in [0.3, 0.4) is 0 Å². The molecule has 0 heterocycles. The van der Waals surface area contributed by atoms with E-state index in [1.165, 1.54) is 6.08 Å². The number of hydrogen-bond acceptors (Lipinski definition) is 3. The van der Waals surface area contributed by atoms with E-state index < -0.39 is 5.91 Å². The Kier molecular flexibility index (Phi) is 6.92. The van der Waals surface area contributed by atoms with Crippen molar-refractivity contribution in [2.75, 3.05) is 6.54 Å². The van der Waals surface area contributed by atoms with E-state index in [-0.39, 0.29) is 12.5 Å². The molecule has 25 heavy (non-hydrogen) atoms. The Morgan fingerprint density at radius 3 is 2.44 bits per heavy atom. The SMILES string of the molecule is C/C(=N\NC(=O)CNC(=O)/C=C/c1ccccc1)c1ccc(Cl)cc1. The second kappa shape index (κ2) is 9.39. The van der Waals surface area contributed by atoms with Crippen LogP contribution in [0.1, 0.15) is 18.1 Å². The van der Waals surface area contributed by atoms with Gasteiger partial charge < -0.3 is 5.32 Å². The van der Waals surface area contributed by atoms with Gasteiger partial charge in [-0.3, -0.25) is 9.59 Å². The number of carbonyl (C=O) groups excluding carboxylic acids is 2. The molecule has 0 radical (unpaired) electrons. The minimum atomic E-state index is -0.408. The summed E-state index contributed by atoms with van der Waals surface area (Å²) in [6, 6.07) is 16.5. The molecule has 2 aromatic rings. The molecule has 2 N–H and O–H groups in total. The molecule has 5 nitrogen and oxygen atoms in total. The standard InChI is InChI=1S/C19H18ClN3O2/c1-14(16-8-10-17(20)11-9-16)22-23-19(25)13-21-18(24)12-7-15-5-3-2-4-6-15/h2-12H,13H2,1H3,(H,21,24)(H,23,25)/b12-7+,22-14+. The van der Waals surface area contributed by atoms with Crippen molar-refractivity contribution in [1.29, 1.82) is 0 Å². The molecule has 0 aliphatic carbocycles. The summed E-state index contributed by atoms with van der Waals surface area (Å²) >= 11 is 5.82. The zero-order valence-corrected chi connectivity index (χ0v) is 14.5. The predicted octanol–water partition coefficient (Wildman–Crippen LogP) is 3.01. The number of hydrazone groups is 1. The van der Waals surface area contributed by atoms with Gasteiger partial charge in [0.2, 0.25) is 5.91 Å². The normalized spacial score (nSPS) is 11.4. The van der Waals surface area contributed by atoms with Crippen LogP contribution in [0.5, 0.6) is 0 Å². The largest absolute Gasteiger partial charge is 0.343 e. The molecule has 128 valence electrons. The van der Waals surface area contributed by atoms with E-state index in [0.717, 1.165) is 11.1 Å². The van der Waals surface area contributed by atoms with Crippen molar-refractivity contribution in [3.63, 3.8) is 0 Å². The lowest BCUT2D eigenvalue weighted by atomic mass is 10.1. The van der Waals surface area contributed by atoms with E-state index in [2.05, 4.69) is 15.8 Å². The molecule has 0 aliphatic rings. The van der Waals surface area contributed by atoms with E-state index in [1.807, 2.05) is 42.5 Å². The van der Waals surface area contributed by atoms with Crippen LogP contribution in [0.25, 0.3) is 6.08 Å². The topological polar surface area (TPSA) is 70.6 Å². The lowest BCUT2D eigenvalue weighted by molar-refractivity contribution is -0.123. The summed E-state index contributed by atoms with van der Waals surface area (Å²) in [4.78, 5) is 23.4. The molecule has 0 saturated carbocycles. The van der Waals surface area contributed by atoms with E-state index >= 15 is 0 Å². The first-order valence-corrected chi connectivity index (χ1v) is 8.02. The molecule has 0 spiro atoms. The number of halogens is 1. The smallest absolute Gasteiger partial charge is 0.259 e. The third-order valence-corrected chi connectivity index (χ3v) is 3.51. The number of benzene rings is 2. The molecule has 0 fully saturated rings. The fourth-order valence-electron chi connectivity index (χ4n) is 1.90. The highest BCUT2D eigenvalue weighted by Crippen LogP contribution is 2.10. The molecule has 0 bridgehead atoms. The number of hydrogen-bond donors (Lipinski definition) is 2. The second-order valence-corrected chi connectivity index (χ2v) is 5.64. The van der Waals surface area contributed by atoms with Gasteiger partial charge >= 0.3 is 0 Å². The quantitative estimate of drug-likeness (QED) is 0.475. The third-order valence-electron chi connectivity index (χ3n) is 3.26. The highest BCUT2D eigenvalue weighted by molar-refractivity contribution is 6.30. The lowest BCUT2D eigenvalue weighted by Crippen LogP contribution is -2.34. The molecule has 6 heteroatoms. The van der Waals surface area contributed by atoms with Gasteiger partial charge in [-0.15, -0.1) is 0 Å². The highest BCUT2D eigenvalue weighted by atomic mass is 35.5. The van der Waals surface area contributed by atoms with Gasteiger partial charge in [-0.05, 0) is 36.3 Å². The Morgan fingerprint density at radius 2 is 1.76 bits per heavy atom. The number of nitrogens with one attached hydrogen (secondary N) is 2. The number of amides is 2. The molecule has 0 atom stereocenters. The summed E-state index contributed by atoms with van der Waals surface area (Å²) in [6.45, 7) is 1.61. The van der Waals surface area contributed by atoms with Crippen molar-refractivity contribution in [3.8, 4) is 0 Å². The second-order valence-electron chi connectivity index (χ2n) is 5.20. The fraction of sp³-hybridized carbons (Fsp3) is 0.105. The molecule has 0 aliphatic heterocycles. The lowest BCUT2D eigenvalue weighted by Gasteiger charge is -2.04. The van der Waals surface area contributed by atoms with E-state index in [1.54, 1.807) is 25.1 Å². The molecule has 2 amide bonds. The van der Waals surface area contributed by atoms with Crippen LogP contribution < -0.4 is 10.7 Å². The highest BCUT2D eigenvalue weighted by Gasteiger charge is 2.03. The van der Waals surface area contributed by atoms with Crippen molar-refractivity contribution in [3.05, 3.63) is 76.8 Å². The van der Waals surface area contributed by atoms with Gasteiger partial charge in [0.1, 0.15) is 0 Å². The third kappa shape index (κ3) is 6.61. The summed E-state index contributed by atoms with van der Waals surface area (Å²) in [7, 11) is 0. The fourth-order valence-corrected chi connectivity index (χ4v) is 2.03. The van der Waals surface area contributed by atoms with Gasteiger partial charge in [0.25, 0.3) is 5.91 Å². The van der Waals surface area contributed by atoms with Crippen LogP contribution in [0.2, 0.25) is 5.02 Å². The minimum absolute atomic E-state index is 0.157. The molecule has 2 aromatic carbocycles. The Bertz CT molecular complexity index is 784. The maximum atomic E-state index is 11.7. The van der Waals surface area contributed by atoms with Crippen molar-refractivity contribution in [2.24, 2.45) is 5.10 Å². The molecular formula is C19H18ClN3O2. The summed E-state index contributed by atoms with van der Waals surface area (Å²) in [5.41, 5.74) is 4.80. The molecule has 0 saturated heterocycles. The van der Waals surface area contributed by atoms with Crippen LogP contribution in [0.15, 0.2) is 65.8 Å². The van der Waals surface area contributed by atoms with E-state index in [4.69, 9.17) is 11.6 Å². The Balaban J connectivity index is 1.78. The van der Waals surface area contributed by atoms with Gasteiger partial charge in [0, 0.05) is 11.1 Å². The van der Waals surface area contributed by atoms with Gasteiger partial charge in [-0.2, -0.15) is 5.10 Å². The Labute approximate surface area is 151 Å². The first-order chi connectivity index (χ1) is 12.0. The van der Waals surface area contributed by atoms with Crippen molar-refractivity contribution in [2.45, 2.75) is 6.92 Å².